The lowest BCUT2D eigenvalue weighted by molar-refractivity contribution is -0.196. The first kappa shape index (κ1) is 21.2. The molecule has 2 unspecified atom stereocenters. The molecule has 1 fully saturated rings. The summed E-state index contributed by atoms with van der Waals surface area (Å²) in [6.45, 7) is 0.640. The first-order valence-corrected chi connectivity index (χ1v) is 10.3. The third-order valence-corrected chi connectivity index (χ3v) is 6.09. The van der Waals surface area contributed by atoms with E-state index in [1.165, 1.54) is 17.2 Å². The lowest BCUT2D eigenvalue weighted by Gasteiger charge is -2.34. The molecule has 4 rings (SSSR count). The summed E-state index contributed by atoms with van der Waals surface area (Å²) in [4.78, 5) is 31.5. The van der Waals surface area contributed by atoms with E-state index in [4.69, 9.17) is 23.2 Å². The average Bonchev–Trinajstić information content (AvgIpc) is 3.31. The molecule has 2 aliphatic rings. The van der Waals surface area contributed by atoms with E-state index in [2.05, 4.69) is 10.1 Å². The van der Waals surface area contributed by atoms with E-state index in [-0.39, 0.29) is 30.2 Å². The fraction of sp³-hybridized carbons (Fsp3) is 0.556. The number of fused-ring (bicyclic) bond motifs is 1. The zero-order chi connectivity index (χ0) is 21.6. The Balaban J connectivity index is 1.75. The SMILES string of the molecule is O=C(C1C(C(F)(F)F)CCc2nn(Cc3ncc(Cl)cc3Cl)c(=O)n21)N1CCCC1. The molecule has 0 saturated carbocycles. The van der Waals surface area contributed by atoms with Gasteiger partial charge in [0.25, 0.3) is 0 Å². The van der Waals surface area contributed by atoms with Crippen LogP contribution >= 0.6 is 23.2 Å². The van der Waals surface area contributed by atoms with Crippen LogP contribution in [0.2, 0.25) is 10.0 Å². The number of aryl methyl sites for hydroxylation is 1. The van der Waals surface area contributed by atoms with E-state index in [0.29, 0.717) is 23.8 Å². The molecule has 2 aromatic heterocycles. The molecule has 2 aromatic rings. The molecule has 2 atom stereocenters. The molecule has 2 aliphatic heterocycles. The molecule has 4 heterocycles. The van der Waals surface area contributed by atoms with Gasteiger partial charge >= 0.3 is 11.9 Å². The maximum absolute atomic E-state index is 13.8. The van der Waals surface area contributed by atoms with Crippen LogP contribution in [0.1, 0.15) is 36.8 Å². The van der Waals surface area contributed by atoms with Crippen LogP contribution in [0.4, 0.5) is 13.2 Å². The molecule has 1 saturated heterocycles. The van der Waals surface area contributed by atoms with E-state index in [9.17, 15) is 22.8 Å². The van der Waals surface area contributed by atoms with Crippen molar-refractivity contribution in [1.82, 2.24) is 24.2 Å². The van der Waals surface area contributed by atoms with Crippen LogP contribution in [-0.2, 0) is 17.8 Å². The molecule has 7 nitrogen and oxygen atoms in total. The predicted molar refractivity (Wildman–Crippen MR) is 103 cm³/mol. The number of nitrogens with zero attached hydrogens (tertiary/aromatic N) is 5. The second-order valence-corrected chi connectivity index (χ2v) is 8.32. The Hall–Kier alpha value is -2.07. The zero-order valence-corrected chi connectivity index (χ0v) is 17.2. The highest BCUT2D eigenvalue weighted by molar-refractivity contribution is 6.34. The second-order valence-electron chi connectivity index (χ2n) is 7.47. The summed E-state index contributed by atoms with van der Waals surface area (Å²) >= 11 is 11.9. The molecule has 0 aromatic carbocycles. The van der Waals surface area contributed by atoms with Crippen LogP contribution < -0.4 is 5.69 Å². The largest absolute Gasteiger partial charge is 0.394 e. The van der Waals surface area contributed by atoms with Gasteiger partial charge in [0.15, 0.2) is 0 Å². The van der Waals surface area contributed by atoms with Crippen LogP contribution in [0.3, 0.4) is 0 Å². The minimum absolute atomic E-state index is 0.0576. The van der Waals surface area contributed by atoms with Crippen molar-refractivity contribution in [3.05, 3.63) is 44.3 Å². The first-order valence-electron chi connectivity index (χ1n) is 9.50. The molecule has 162 valence electrons. The smallest absolute Gasteiger partial charge is 0.341 e. The minimum atomic E-state index is -4.61. The Bertz CT molecular complexity index is 1030. The number of likely N-dealkylation sites (tertiary alicyclic amines) is 1. The first-order chi connectivity index (χ1) is 14.2. The average molecular weight is 464 g/mol. The van der Waals surface area contributed by atoms with Gasteiger partial charge in [-0.2, -0.15) is 18.3 Å². The van der Waals surface area contributed by atoms with Gasteiger partial charge in [-0.25, -0.2) is 9.48 Å². The number of pyridine rings is 1. The van der Waals surface area contributed by atoms with Gasteiger partial charge < -0.3 is 4.90 Å². The third kappa shape index (κ3) is 3.82. The standard InChI is InChI=1S/C18H18Cl2F3N5O2/c19-10-7-12(20)13(24-8-10)9-27-17(30)28-14(25-27)4-3-11(18(21,22)23)15(28)16(29)26-5-1-2-6-26/h7-8,11,15H,1-6,9H2. The lowest BCUT2D eigenvalue weighted by atomic mass is 9.89. The van der Waals surface area contributed by atoms with Crippen LogP contribution in [0.5, 0.6) is 0 Å². The fourth-order valence-electron chi connectivity index (χ4n) is 4.09. The summed E-state index contributed by atoms with van der Waals surface area (Å²) in [7, 11) is 0. The summed E-state index contributed by atoms with van der Waals surface area (Å²) in [5.74, 6) is -2.46. The summed E-state index contributed by atoms with van der Waals surface area (Å²) in [5.41, 5.74) is -0.488. The third-order valence-electron chi connectivity index (χ3n) is 5.55. The number of carbonyl (C=O) groups is 1. The molecule has 12 heteroatoms. The Kier molecular flexibility index (Phi) is 5.56. The van der Waals surface area contributed by atoms with Crippen molar-refractivity contribution in [2.24, 2.45) is 5.92 Å². The highest BCUT2D eigenvalue weighted by atomic mass is 35.5. The van der Waals surface area contributed by atoms with Crippen LogP contribution in [0.25, 0.3) is 0 Å². The lowest BCUT2D eigenvalue weighted by Crippen LogP contribution is -2.49. The van der Waals surface area contributed by atoms with E-state index in [1.54, 1.807) is 0 Å². The maximum atomic E-state index is 13.8. The quantitative estimate of drug-likeness (QED) is 0.700. The van der Waals surface area contributed by atoms with Crippen molar-refractivity contribution in [2.45, 2.75) is 44.4 Å². The van der Waals surface area contributed by atoms with Gasteiger partial charge in [-0.1, -0.05) is 23.2 Å². The molecule has 0 aliphatic carbocycles. The fourth-order valence-corrected chi connectivity index (χ4v) is 4.53. The van der Waals surface area contributed by atoms with Gasteiger partial charge in [0.05, 0.1) is 28.2 Å². The highest BCUT2D eigenvalue weighted by Crippen LogP contribution is 2.41. The van der Waals surface area contributed by atoms with Crippen LogP contribution in [0.15, 0.2) is 17.1 Å². The van der Waals surface area contributed by atoms with Crippen molar-refractivity contribution in [3.8, 4) is 0 Å². The van der Waals surface area contributed by atoms with Crippen LogP contribution in [0, 0.1) is 5.92 Å². The Morgan fingerprint density at radius 3 is 2.57 bits per heavy atom. The van der Waals surface area contributed by atoms with Gasteiger partial charge in [-0.3, -0.25) is 14.3 Å². The van der Waals surface area contributed by atoms with Gasteiger partial charge in [0.2, 0.25) is 5.91 Å². The van der Waals surface area contributed by atoms with Crippen molar-refractivity contribution in [2.75, 3.05) is 13.1 Å². The molecule has 0 radical (unpaired) electrons. The Morgan fingerprint density at radius 2 is 1.93 bits per heavy atom. The molecule has 0 bridgehead atoms. The number of carbonyl (C=O) groups excluding carboxylic acids is 1. The molecule has 1 amide bonds. The minimum Gasteiger partial charge on any atom is -0.341 e. The Morgan fingerprint density at radius 1 is 1.23 bits per heavy atom. The van der Waals surface area contributed by atoms with Crippen molar-refractivity contribution < 1.29 is 18.0 Å². The van der Waals surface area contributed by atoms with E-state index >= 15 is 0 Å². The number of aromatic nitrogens is 4. The molecular weight excluding hydrogens is 446 g/mol. The monoisotopic (exact) mass is 463 g/mol. The van der Waals surface area contributed by atoms with E-state index in [1.807, 2.05) is 0 Å². The summed E-state index contributed by atoms with van der Waals surface area (Å²) < 4.78 is 43.2. The Labute approximate surface area is 179 Å². The second kappa shape index (κ2) is 7.88. The van der Waals surface area contributed by atoms with Gasteiger partial charge in [-0.05, 0) is 25.3 Å². The number of alkyl halides is 3. The zero-order valence-electron chi connectivity index (χ0n) is 15.7. The number of hydrogen-bond donors (Lipinski definition) is 0. The number of amides is 1. The van der Waals surface area contributed by atoms with Crippen molar-refractivity contribution in [1.29, 1.82) is 0 Å². The van der Waals surface area contributed by atoms with Crippen molar-refractivity contribution >= 4 is 29.1 Å². The topological polar surface area (TPSA) is 73.0 Å². The predicted octanol–water partition coefficient (Wildman–Crippen LogP) is 3.08. The van der Waals surface area contributed by atoms with Gasteiger partial charge in [0, 0.05) is 25.7 Å². The highest BCUT2D eigenvalue weighted by Gasteiger charge is 2.52. The van der Waals surface area contributed by atoms with Crippen molar-refractivity contribution in [3.63, 3.8) is 0 Å². The van der Waals surface area contributed by atoms with Gasteiger partial charge in [0.1, 0.15) is 11.9 Å². The number of hydrogen-bond acceptors (Lipinski definition) is 4. The summed E-state index contributed by atoms with van der Waals surface area (Å²) in [6.07, 6.45) is -2.15. The number of rotatable bonds is 3. The number of halogens is 5. The molecule has 0 spiro atoms. The summed E-state index contributed by atoms with van der Waals surface area (Å²) in [5, 5.41) is 4.70. The normalized spacial score (nSPS) is 21.7. The maximum Gasteiger partial charge on any atom is 0.394 e. The molecule has 0 N–H and O–H groups in total. The van der Waals surface area contributed by atoms with E-state index in [0.717, 1.165) is 22.1 Å². The summed E-state index contributed by atoms with van der Waals surface area (Å²) in [6, 6.07) is -0.201. The molecular formula is C18H18Cl2F3N5O2. The molecule has 30 heavy (non-hydrogen) atoms. The van der Waals surface area contributed by atoms with E-state index < -0.39 is 29.7 Å². The van der Waals surface area contributed by atoms with Gasteiger partial charge in [-0.15, -0.1) is 0 Å². The van der Waals surface area contributed by atoms with Crippen LogP contribution in [-0.4, -0.2) is 49.4 Å².